The molecule has 0 unspecified atom stereocenters. The van der Waals surface area contributed by atoms with Gasteiger partial charge in [0, 0.05) is 13.6 Å². The molecule has 3 aromatic carbocycles. The number of fused-ring (bicyclic) bond motifs is 1. The molecule has 3 aromatic rings. The van der Waals surface area contributed by atoms with Crippen molar-refractivity contribution in [1.29, 1.82) is 0 Å². The third-order valence-electron chi connectivity index (χ3n) is 5.47. The second-order valence-corrected chi connectivity index (χ2v) is 7.89. The number of nitrogens with zero attached hydrogens (tertiary/aromatic N) is 2. The number of likely N-dealkylation sites (N-methyl/N-ethyl adjacent to an activating group) is 1. The fourth-order valence-corrected chi connectivity index (χ4v) is 3.63. The molecule has 1 heterocycles. The van der Waals surface area contributed by atoms with Gasteiger partial charge in [0.15, 0.2) is 6.61 Å². The van der Waals surface area contributed by atoms with Crippen LogP contribution in [0, 0.1) is 5.82 Å². The largest absolute Gasteiger partial charge is 0.452 e. The lowest BCUT2D eigenvalue weighted by atomic mass is 10.1. The Kier molecular flexibility index (Phi) is 6.49. The number of carbonyl (C=O) groups excluding carboxylic acids is 4. The van der Waals surface area contributed by atoms with E-state index in [1.807, 2.05) is 0 Å². The molecule has 34 heavy (non-hydrogen) atoms. The third-order valence-corrected chi connectivity index (χ3v) is 5.47. The molecule has 0 saturated carbocycles. The minimum Gasteiger partial charge on any atom is -0.452 e. The molecule has 0 aromatic heterocycles. The van der Waals surface area contributed by atoms with Crippen LogP contribution in [0.15, 0.2) is 72.8 Å². The maximum atomic E-state index is 13.0. The Balaban J connectivity index is 1.35. The topological polar surface area (TPSA) is 84.0 Å². The molecular weight excluding hydrogens is 439 g/mol. The monoisotopic (exact) mass is 460 g/mol. The second-order valence-electron chi connectivity index (χ2n) is 7.89. The summed E-state index contributed by atoms with van der Waals surface area (Å²) in [6, 6.07) is 18.7. The van der Waals surface area contributed by atoms with Gasteiger partial charge in [-0.2, -0.15) is 0 Å². The van der Waals surface area contributed by atoms with Gasteiger partial charge in [-0.3, -0.25) is 19.3 Å². The molecule has 3 amide bonds. The Morgan fingerprint density at radius 1 is 0.882 bits per heavy atom. The summed E-state index contributed by atoms with van der Waals surface area (Å²) in [5.74, 6) is -2.25. The van der Waals surface area contributed by atoms with Crippen LogP contribution in [0.1, 0.15) is 42.2 Å². The highest BCUT2D eigenvalue weighted by Crippen LogP contribution is 2.24. The second kappa shape index (κ2) is 9.66. The summed E-state index contributed by atoms with van der Waals surface area (Å²) >= 11 is 0. The summed E-state index contributed by atoms with van der Waals surface area (Å²) in [6.45, 7) is -0.210. The molecule has 7 nitrogen and oxygen atoms in total. The van der Waals surface area contributed by atoms with Crippen LogP contribution in [0.5, 0.6) is 0 Å². The number of hydrogen-bond donors (Lipinski definition) is 0. The Hall–Kier alpha value is -4.33. The predicted octanol–water partition coefficient (Wildman–Crippen LogP) is 3.44. The van der Waals surface area contributed by atoms with E-state index in [4.69, 9.17) is 4.74 Å². The number of imide groups is 1. The van der Waals surface area contributed by atoms with Gasteiger partial charge in [0.05, 0.1) is 23.2 Å². The summed E-state index contributed by atoms with van der Waals surface area (Å²) < 4.78 is 18.2. The van der Waals surface area contributed by atoms with E-state index in [0.29, 0.717) is 16.7 Å². The molecule has 0 fully saturated rings. The number of hydrogen-bond acceptors (Lipinski definition) is 5. The van der Waals surface area contributed by atoms with Crippen molar-refractivity contribution in [3.8, 4) is 0 Å². The first-order valence-corrected chi connectivity index (χ1v) is 10.5. The standard InChI is InChI=1S/C26H21FN2O5/c1-28(14-17-9-11-20(27)12-10-17)23(30)16-34-26(33)19-6-4-5-18(13-19)15-29-24(31)21-7-2-3-8-22(21)25(29)32/h2-13H,14-16H2,1H3. The first-order valence-electron chi connectivity index (χ1n) is 10.5. The fraction of sp³-hybridized carbons (Fsp3) is 0.154. The van der Waals surface area contributed by atoms with E-state index in [0.717, 1.165) is 10.5 Å². The quantitative estimate of drug-likeness (QED) is 0.398. The smallest absolute Gasteiger partial charge is 0.338 e. The van der Waals surface area contributed by atoms with Crippen molar-refractivity contribution in [3.05, 3.63) is 106 Å². The number of rotatable bonds is 7. The van der Waals surface area contributed by atoms with Crippen molar-refractivity contribution >= 4 is 23.7 Å². The molecule has 4 rings (SSSR count). The number of amides is 3. The van der Waals surface area contributed by atoms with Crippen molar-refractivity contribution in [2.75, 3.05) is 13.7 Å². The molecule has 0 spiro atoms. The van der Waals surface area contributed by atoms with Crippen LogP contribution < -0.4 is 0 Å². The molecule has 0 saturated heterocycles. The van der Waals surface area contributed by atoms with Crippen molar-refractivity contribution in [1.82, 2.24) is 9.80 Å². The van der Waals surface area contributed by atoms with Crippen molar-refractivity contribution in [3.63, 3.8) is 0 Å². The van der Waals surface area contributed by atoms with E-state index < -0.39 is 18.5 Å². The molecule has 172 valence electrons. The molecule has 0 aliphatic carbocycles. The number of benzene rings is 3. The zero-order valence-electron chi connectivity index (χ0n) is 18.4. The van der Waals surface area contributed by atoms with Gasteiger partial charge < -0.3 is 9.64 Å². The van der Waals surface area contributed by atoms with Gasteiger partial charge in [-0.1, -0.05) is 36.4 Å². The molecule has 1 aliphatic heterocycles. The van der Waals surface area contributed by atoms with E-state index in [9.17, 15) is 23.6 Å². The molecular formula is C26H21FN2O5. The van der Waals surface area contributed by atoms with Gasteiger partial charge in [0.2, 0.25) is 0 Å². The van der Waals surface area contributed by atoms with Gasteiger partial charge in [-0.15, -0.1) is 0 Å². The Morgan fingerprint density at radius 3 is 2.18 bits per heavy atom. The van der Waals surface area contributed by atoms with E-state index in [2.05, 4.69) is 0 Å². The molecule has 1 aliphatic rings. The van der Waals surface area contributed by atoms with Gasteiger partial charge in [-0.05, 0) is 47.5 Å². The van der Waals surface area contributed by atoms with Gasteiger partial charge in [0.1, 0.15) is 5.82 Å². The molecule has 0 N–H and O–H groups in total. The van der Waals surface area contributed by atoms with Crippen LogP contribution in [-0.4, -0.2) is 47.1 Å². The van der Waals surface area contributed by atoms with Crippen LogP contribution in [0.3, 0.4) is 0 Å². The highest BCUT2D eigenvalue weighted by Gasteiger charge is 2.35. The van der Waals surface area contributed by atoms with E-state index in [1.165, 1.54) is 29.2 Å². The summed E-state index contributed by atoms with van der Waals surface area (Å²) in [4.78, 5) is 52.4. The predicted molar refractivity (Wildman–Crippen MR) is 120 cm³/mol. The first-order chi connectivity index (χ1) is 16.3. The lowest BCUT2D eigenvalue weighted by Crippen LogP contribution is -2.31. The number of esters is 1. The van der Waals surface area contributed by atoms with Crippen LogP contribution in [0.25, 0.3) is 0 Å². The van der Waals surface area contributed by atoms with Gasteiger partial charge in [-0.25, -0.2) is 9.18 Å². The van der Waals surface area contributed by atoms with Crippen LogP contribution >= 0.6 is 0 Å². The number of ether oxygens (including phenoxy) is 1. The highest BCUT2D eigenvalue weighted by atomic mass is 19.1. The van der Waals surface area contributed by atoms with Crippen molar-refractivity contribution < 1.29 is 28.3 Å². The molecule has 8 heteroatoms. The molecule has 0 bridgehead atoms. The van der Waals surface area contributed by atoms with E-state index in [1.54, 1.807) is 55.6 Å². The molecule has 0 atom stereocenters. The van der Waals surface area contributed by atoms with Crippen LogP contribution in [0.4, 0.5) is 4.39 Å². The molecule has 0 radical (unpaired) electrons. The maximum Gasteiger partial charge on any atom is 0.338 e. The minimum absolute atomic E-state index is 0.00675. The Morgan fingerprint density at radius 2 is 1.53 bits per heavy atom. The summed E-state index contributed by atoms with van der Waals surface area (Å²) in [5.41, 5.74) is 2.22. The number of carbonyl (C=O) groups is 4. The van der Waals surface area contributed by atoms with E-state index in [-0.39, 0.29) is 36.3 Å². The van der Waals surface area contributed by atoms with Gasteiger partial charge in [0.25, 0.3) is 17.7 Å². The summed E-state index contributed by atoms with van der Waals surface area (Å²) in [7, 11) is 1.56. The zero-order chi connectivity index (χ0) is 24.2. The lowest BCUT2D eigenvalue weighted by molar-refractivity contribution is -0.133. The SMILES string of the molecule is CN(Cc1ccc(F)cc1)C(=O)COC(=O)c1cccc(CN2C(=O)c3ccccc3C2=O)c1. The van der Waals surface area contributed by atoms with Crippen LogP contribution in [-0.2, 0) is 22.6 Å². The average Bonchev–Trinajstić information content (AvgIpc) is 3.09. The Bertz CT molecular complexity index is 1240. The summed E-state index contributed by atoms with van der Waals surface area (Å²) in [5, 5.41) is 0. The van der Waals surface area contributed by atoms with E-state index >= 15 is 0 Å². The lowest BCUT2D eigenvalue weighted by Gasteiger charge is -2.17. The third kappa shape index (κ3) is 4.85. The van der Waals surface area contributed by atoms with Crippen LogP contribution in [0.2, 0.25) is 0 Å². The minimum atomic E-state index is -0.701. The highest BCUT2D eigenvalue weighted by molar-refractivity contribution is 6.21. The normalized spacial score (nSPS) is 12.5. The van der Waals surface area contributed by atoms with Crippen molar-refractivity contribution in [2.45, 2.75) is 13.1 Å². The maximum absolute atomic E-state index is 13.0. The average molecular weight is 460 g/mol. The number of halogens is 1. The zero-order valence-corrected chi connectivity index (χ0v) is 18.4. The first kappa shape index (κ1) is 22.8. The fourth-order valence-electron chi connectivity index (χ4n) is 3.63. The summed E-state index contributed by atoms with van der Waals surface area (Å²) in [6.07, 6.45) is 0. The van der Waals surface area contributed by atoms with Crippen molar-refractivity contribution in [2.24, 2.45) is 0 Å². The Labute approximate surface area is 195 Å². The van der Waals surface area contributed by atoms with Gasteiger partial charge >= 0.3 is 5.97 Å².